The predicted molar refractivity (Wildman–Crippen MR) is 98.2 cm³/mol. The van der Waals surface area contributed by atoms with Gasteiger partial charge < -0.3 is 4.90 Å². The molecule has 1 nitrogen and oxygen atoms in total. The van der Waals surface area contributed by atoms with Gasteiger partial charge >= 0.3 is 6.18 Å². The maximum absolute atomic E-state index is 12.3. The van der Waals surface area contributed by atoms with Crippen LogP contribution in [0.3, 0.4) is 0 Å². The molecule has 0 fully saturated rings. The van der Waals surface area contributed by atoms with E-state index in [4.69, 9.17) is 0 Å². The van der Waals surface area contributed by atoms with Gasteiger partial charge in [-0.25, -0.2) is 0 Å². The van der Waals surface area contributed by atoms with Crippen LogP contribution in [0.25, 0.3) is 0 Å². The molecule has 0 aliphatic rings. The van der Waals surface area contributed by atoms with Crippen molar-refractivity contribution in [1.82, 2.24) is 0 Å². The first-order valence-corrected chi connectivity index (χ1v) is 11.1. The van der Waals surface area contributed by atoms with Gasteiger partial charge in [0.2, 0.25) is 0 Å². The Morgan fingerprint density at radius 1 is 0.917 bits per heavy atom. The van der Waals surface area contributed by atoms with Gasteiger partial charge in [-0.15, -0.1) is 0 Å². The van der Waals surface area contributed by atoms with Gasteiger partial charge in [-0.1, -0.05) is 65.9 Å². The molecule has 2 aromatic rings. The summed E-state index contributed by atoms with van der Waals surface area (Å²) in [6.07, 6.45) is -4.70. The summed E-state index contributed by atoms with van der Waals surface area (Å²) in [6, 6.07) is 18.7. The van der Waals surface area contributed by atoms with Gasteiger partial charge in [-0.3, -0.25) is 0 Å². The average Bonchev–Trinajstić information content (AvgIpc) is 2.54. The van der Waals surface area contributed by atoms with Crippen molar-refractivity contribution in [3.8, 4) is 0 Å². The number of rotatable bonds is 6. The summed E-state index contributed by atoms with van der Waals surface area (Å²) in [4.78, 5) is 1.91. The number of halogens is 3. The van der Waals surface area contributed by atoms with E-state index in [1.54, 1.807) is 0 Å². The Kier molecular flexibility index (Phi) is 5.75. The molecule has 130 valence electrons. The van der Waals surface area contributed by atoms with E-state index in [0.717, 1.165) is 5.69 Å². The average molecular weight is 351 g/mol. The Labute approximate surface area is 143 Å². The smallest absolute Gasteiger partial charge is 0.375 e. The SMILES string of the molecule is CN(CCCC(F)(F)F)c1cccc([Si](C)(C)c2ccccc2)c1. The van der Waals surface area contributed by atoms with E-state index in [2.05, 4.69) is 49.5 Å². The van der Waals surface area contributed by atoms with E-state index in [9.17, 15) is 13.2 Å². The first-order valence-electron chi connectivity index (χ1n) is 8.14. The molecule has 0 amide bonds. The summed E-state index contributed by atoms with van der Waals surface area (Å²) in [5.41, 5.74) is 0.978. The van der Waals surface area contributed by atoms with Crippen molar-refractivity contribution in [3.05, 3.63) is 54.6 Å². The van der Waals surface area contributed by atoms with E-state index in [1.807, 2.05) is 30.1 Å². The Balaban J connectivity index is 2.14. The molecule has 5 heteroatoms. The number of alkyl halides is 3. The van der Waals surface area contributed by atoms with Gasteiger partial charge in [0.1, 0.15) is 8.07 Å². The summed E-state index contributed by atoms with van der Waals surface area (Å²) in [5.74, 6) is 0. The maximum Gasteiger partial charge on any atom is 0.389 e. The zero-order valence-corrected chi connectivity index (χ0v) is 15.4. The fraction of sp³-hybridized carbons (Fsp3) is 0.368. The van der Waals surface area contributed by atoms with Crippen LogP contribution < -0.4 is 15.3 Å². The second-order valence-corrected chi connectivity index (χ2v) is 11.1. The van der Waals surface area contributed by atoms with Gasteiger partial charge in [0.05, 0.1) is 0 Å². The van der Waals surface area contributed by atoms with Crippen molar-refractivity contribution < 1.29 is 13.2 Å². The van der Waals surface area contributed by atoms with Crippen LogP contribution >= 0.6 is 0 Å². The maximum atomic E-state index is 12.3. The summed E-state index contributed by atoms with van der Waals surface area (Å²) in [5, 5.41) is 2.63. The van der Waals surface area contributed by atoms with E-state index in [0.29, 0.717) is 6.54 Å². The monoisotopic (exact) mass is 351 g/mol. The molecule has 24 heavy (non-hydrogen) atoms. The van der Waals surface area contributed by atoms with Crippen LogP contribution in [0.1, 0.15) is 12.8 Å². The van der Waals surface area contributed by atoms with E-state index in [-0.39, 0.29) is 6.42 Å². The third-order valence-electron chi connectivity index (χ3n) is 4.46. The molecule has 0 unspecified atom stereocenters. The lowest BCUT2D eigenvalue weighted by Crippen LogP contribution is -2.52. The van der Waals surface area contributed by atoms with Crippen LogP contribution in [0.5, 0.6) is 0 Å². The second kappa shape index (κ2) is 7.43. The first-order chi connectivity index (χ1) is 11.2. The van der Waals surface area contributed by atoms with Crippen LogP contribution in [0.15, 0.2) is 54.6 Å². The van der Waals surface area contributed by atoms with Crippen LogP contribution in [-0.2, 0) is 0 Å². The van der Waals surface area contributed by atoms with Gasteiger partial charge in [0, 0.05) is 25.7 Å². The van der Waals surface area contributed by atoms with Gasteiger partial charge in [0.25, 0.3) is 0 Å². The number of hydrogen-bond donors (Lipinski definition) is 0. The van der Waals surface area contributed by atoms with Crippen molar-refractivity contribution in [2.45, 2.75) is 32.1 Å². The highest BCUT2D eigenvalue weighted by molar-refractivity contribution is 7.00. The highest BCUT2D eigenvalue weighted by Gasteiger charge is 2.27. The minimum absolute atomic E-state index is 0.115. The number of benzene rings is 2. The van der Waals surface area contributed by atoms with E-state index < -0.39 is 20.7 Å². The molecule has 0 atom stereocenters. The molecule has 0 saturated carbocycles. The third kappa shape index (κ3) is 4.87. The Bertz CT molecular complexity index is 653. The zero-order valence-electron chi connectivity index (χ0n) is 14.4. The number of nitrogens with zero attached hydrogens (tertiary/aromatic N) is 1. The molecule has 0 aliphatic heterocycles. The van der Waals surface area contributed by atoms with Crippen LogP contribution in [-0.4, -0.2) is 27.8 Å². The highest BCUT2D eigenvalue weighted by Crippen LogP contribution is 2.22. The van der Waals surface area contributed by atoms with Crippen molar-refractivity contribution in [2.75, 3.05) is 18.5 Å². The van der Waals surface area contributed by atoms with Gasteiger partial charge in [0.15, 0.2) is 0 Å². The fourth-order valence-electron chi connectivity index (χ4n) is 2.80. The molecule has 0 aromatic heterocycles. The van der Waals surface area contributed by atoms with Gasteiger partial charge in [-0.2, -0.15) is 13.2 Å². The molecule has 2 rings (SSSR count). The first kappa shape index (κ1) is 18.6. The minimum Gasteiger partial charge on any atom is -0.375 e. The van der Waals surface area contributed by atoms with Crippen LogP contribution in [0.2, 0.25) is 13.1 Å². The summed E-state index contributed by atoms with van der Waals surface area (Å²) < 4.78 is 36.9. The third-order valence-corrected chi connectivity index (χ3v) is 7.99. The second-order valence-electron chi connectivity index (χ2n) is 6.68. The van der Waals surface area contributed by atoms with Crippen molar-refractivity contribution in [2.24, 2.45) is 0 Å². The molecule has 0 bridgehead atoms. The molecule has 0 saturated heterocycles. The molecular formula is C19H24F3NSi. The molecule has 0 heterocycles. The quantitative estimate of drug-likeness (QED) is 0.702. The number of anilines is 1. The Morgan fingerprint density at radius 2 is 1.54 bits per heavy atom. The lowest BCUT2D eigenvalue weighted by Gasteiger charge is -2.26. The van der Waals surface area contributed by atoms with E-state index >= 15 is 0 Å². The fourth-order valence-corrected chi connectivity index (χ4v) is 5.18. The summed E-state index contributed by atoms with van der Waals surface area (Å²) in [6.45, 7) is 4.99. The minimum atomic E-state index is -4.08. The zero-order chi connectivity index (χ0) is 17.8. The van der Waals surface area contributed by atoms with Crippen LogP contribution in [0.4, 0.5) is 18.9 Å². The largest absolute Gasteiger partial charge is 0.389 e. The molecule has 0 aliphatic carbocycles. The summed E-state index contributed by atoms with van der Waals surface area (Å²) in [7, 11) is 0.0531. The molecule has 0 radical (unpaired) electrons. The lowest BCUT2D eigenvalue weighted by molar-refractivity contribution is -0.135. The van der Waals surface area contributed by atoms with Crippen molar-refractivity contribution in [3.63, 3.8) is 0 Å². The normalized spacial score (nSPS) is 12.2. The lowest BCUT2D eigenvalue weighted by atomic mass is 10.2. The topological polar surface area (TPSA) is 3.24 Å². The molecular weight excluding hydrogens is 327 g/mol. The Morgan fingerprint density at radius 3 is 2.17 bits per heavy atom. The molecule has 0 spiro atoms. The molecule has 2 aromatic carbocycles. The van der Waals surface area contributed by atoms with Gasteiger partial charge in [-0.05, 0) is 18.6 Å². The van der Waals surface area contributed by atoms with E-state index in [1.165, 1.54) is 10.4 Å². The highest BCUT2D eigenvalue weighted by atomic mass is 28.3. The number of hydrogen-bond acceptors (Lipinski definition) is 1. The van der Waals surface area contributed by atoms with Crippen LogP contribution in [0, 0.1) is 0 Å². The predicted octanol–water partition coefficient (Wildman–Crippen LogP) is 4.29. The standard InChI is InChI=1S/C19H24F3NSi/c1-23(14-8-13-19(20,21)22)16-9-7-12-18(15-16)24(2,3)17-10-5-4-6-11-17/h4-7,9-12,15H,8,13-14H2,1-3H3. The Hall–Kier alpha value is -1.75. The van der Waals surface area contributed by atoms with Crippen molar-refractivity contribution >= 4 is 24.1 Å². The summed E-state index contributed by atoms with van der Waals surface area (Å²) >= 11 is 0. The molecule has 0 N–H and O–H groups in total. The van der Waals surface area contributed by atoms with Crippen molar-refractivity contribution in [1.29, 1.82) is 0 Å².